The molecule has 1 aliphatic carbocycles. The summed E-state index contributed by atoms with van der Waals surface area (Å²) in [6.07, 6.45) is 6.47. The lowest BCUT2D eigenvalue weighted by Gasteiger charge is -2.27. The van der Waals surface area contributed by atoms with E-state index < -0.39 is 11.6 Å². The molecule has 1 fully saturated rings. The van der Waals surface area contributed by atoms with Gasteiger partial charge in [-0.25, -0.2) is 8.78 Å². The minimum Gasteiger partial charge on any atom is -0.364 e. The monoisotopic (exact) mass is 251 g/mol. The maximum absolute atomic E-state index is 13.3. The standard InChI is InChI=1S/C14H15F2NO/c15-12-6-5-10(7-13(12)16)14-8-18-9-17(14)11-3-1-2-4-11/h1,3,5-7,11,14H,2,4,8-9H2/t11-,14-/m1/s1. The van der Waals surface area contributed by atoms with Crippen LogP contribution in [0.1, 0.15) is 24.4 Å². The van der Waals surface area contributed by atoms with E-state index in [1.807, 2.05) is 0 Å². The summed E-state index contributed by atoms with van der Waals surface area (Å²) < 4.78 is 31.7. The lowest BCUT2D eigenvalue weighted by atomic mass is 10.0. The third-order valence-corrected chi connectivity index (χ3v) is 3.66. The van der Waals surface area contributed by atoms with Gasteiger partial charge in [-0.15, -0.1) is 0 Å². The predicted octanol–water partition coefficient (Wildman–Crippen LogP) is 3.01. The second-order valence-corrected chi connectivity index (χ2v) is 4.78. The van der Waals surface area contributed by atoms with Crippen LogP contribution in [-0.4, -0.2) is 24.3 Å². The van der Waals surface area contributed by atoms with Gasteiger partial charge in [0.05, 0.1) is 12.6 Å². The summed E-state index contributed by atoms with van der Waals surface area (Å²) in [5, 5.41) is 0. The number of hydrogen-bond acceptors (Lipinski definition) is 2. The van der Waals surface area contributed by atoms with Gasteiger partial charge in [-0.05, 0) is 30.5 Å². The number of benzene rings is 1. The Morgan fingerprint density at radius 3 is 2.83 bits per heavy atom. The second kappa shape index (κ2) is 4.78. The molecule has 2 atom stereocenters. The molecule has 0 radical (unpaired) electrons. The van der Waals surface area contributed by atoms with Crippen LogP contribution < -0.4 is 0 Å². The molecule has 1 saturated heterocycles. The zero-order valence-corrected chi connectivity index (χ0v) is 9.98. The first kappa shape index (κ1) is 11.8. The Balaban J connectivity index is 1.85. The topological polar surface area (TPSA) is 12.5 Å². The van der Waals surface area contributed by atoms with E-state index in [2.05, 4.69) is 17.1 Å². The molecule has 1 aromatic carbocycles. The lowest BCUT2D eigenvalue weighted by molar-refractivity contribution is 0.120. The van der Waals surface area contributed by atoms with Crippen molar-refractivity contribution < 1.29 is 13.5 Å². The van der Waals surface area contributed by atoms with Gasteiger partial charge in [0.15, 0.2) is 11.6 Å². The molecule has 1 aromatic rings. The van der Waals surface area contributed by atoms with Gasteiger partial charge in [0, 0.05) is 6.04 Å². The van der Waals surface area contributed by atoms with Crippen molar-refractivity contribution in [3.05, 3.63) is 47.5 Å². The summed E-state index contributed by atoms with van der Waals surface area (Å²) in [5.74, 6) is -1.59. The average Bonchev–Trinajstić information content (AvgIpc) is 3.00. The zero-order valence-electron chi connectivity index (χ0n) is 9.98. The number of halogens is 2. The molecule has 0 amide bonds. The molecule has 1 aliphatic heterocycles. The number of ether oxygens (including phenoxy) is 1. The van der Waals surface area contributed by atoms with Crippen LogP contribution in [-0.2, 0) is 4.74 Å². The number of nitrogens with zero attached hydrogens (tertiary/aromatic N) is 1. The Bertz CT molecular complexity index is 475. The molecule has 2 nitrogen and oxygen atoms in total. The average molecular weight is 251 g/mol. The summed E-state index contributed by atoms with van der Waals surface area (Å²) in [7, 11) is 0. The maximum atomic E-state index is 13.3. The Hall–Kier alpha value is -1.26. The number of hydrogen-bond donors (Lipinski definition) is 0. The Kier molecular flexibility index (Phi) is 3.14. The zero-order chi connectivity index (χ0) is 12.5. The van der Waals surface area contributed by atoms with E-state index in [-0.39, 0.29) is 6.04 Å². The van der Waals surface area contributed by atoms with Gasteiger partial charge in [0.2, 0.25) is 0 Å². The van der Waals surface area contributed by atoms with Crippen molar-refractivity contribution in [1.82, 2.24) is 4.90 Å². The lowest BCUT2D eigenvalue weighted by Crippen LogP contribution is -2.32. The van der Waals surface area contributed by atoms with Crippen molar-refractivity contribution in [1.29, 1.82) is 0 Å². The summed E-state index contributed by atoms with van der Waals surface area (Å²) >= 11 is 0. The molecule has 18 heavy (non-hydrogen) atoms. The third kappa shape index (κ3) is 2.06. The van der Waals surface area contributed by atoms with Crippen LogP contribution >= 0.6 is 0 Å². The third-order valence-electron chi connectivity index (χ3n) is 3.66. The predicted molar refractivity (Wildman–Crippen MR) is 63.9 cm³/mol. The summed E-state index contributed by atoms with van der Waals surface area (Å²) in [6, 6.07) is 4.48. The quantitative estimate of drug-likeness (QED) is 0.749. The van der Waals surface area contributed by atoms with E-state index in [1.165, 1.54) is 12.1 Å². The molecule has 96 valence electrons. The minimum absolute atomic E-state index is 0.0212. The highest BCUT2D eigenvalue weighted by atomic mass is 19.2. The van der Waals surface area contributed by atoms with Crippen molar-refractivity contribution in [2.45, 2.75) is 24.9 Å². The molecule has 0 aromatic heterocycles. The van der Waals surface area contributed by atoms with Gasteiger partial charge in [0.25, 0.3) is 0 Å². The highest BCUT2D eigenvalue weighted by molar-refractivity contribution is 5.23. The smallest absolute Gasteiger partial charge is 0.159 e. The fourth-order valence-electron chi connectivity index (χ4n) is 2.68. The maximum Gasteiger partial charge on any atom is 0.159 e. The van der Waals surface area contributed by atoms with Crippen LogP contribution in [0.5, 0.6) is 0 Å². The molecule has 0 spiro atoms. The molecular formula is C14H15F2NO. The molecule has 0 saturated carbocycles. The van der Waals surface area contributed by atoms with Gasteiger partial charge < -0.3 is 4.74 Å². The minimum atomic E-state index is -0.801. The van der Waals surface area contributed by atoms with Gasteiger partial charge in [-0.3, -0.25) is 4.90 Å². The Morgan fingerprint density at radius 2 is 2.11 bits per heavy atom. The normalized spacial score (nSPS) is 28.1. The first-order chi connectivity index (χ1) is 8.75. The molecule has 0 unspecified atom stereocenters. The van der Waals surface area contributed by atoms with Crippen LogP contribution in [0.3, 0.4) is 0 Å². The van der Waals surface area contributed by atoms with Crippen LogP contribution in [0.25, 0.3) is 0 Å². The van der Waals surface area contributed by atoms with Crippen molar-refractivity contribution in [3.8, 4) is 0 Å². The molecule has 4 heteroatoms. The van der Waals surface area contributed by atoms with Crippen LogP contribution in [0.15, 0.2) is 30.4 Å². The van der Waals surface area contributed by atoms with Gasteiger partial charge in [0.1, 0.15) is 6.73 Å². The number of rotatable bonds is 2. The highest BCUT2D eigenvalue weighted by Crippen LogP contribution is 2.32. The van der Waals surface area contributed by atoms with E-state index in [1.54, 1.807) is 6.07 Å². The van der Waals surface area contributed by atoms with Crippen molar-refractivity contribution in [2.75, 3.05) is 13.3 Å². The first-order valence-corrected chi connectivity index (χ1v) is 6.21. The summed E-state index contributed by atoms with van der Waals surface area (Å²) in [4.78, 5) is 2.20. The molecular weight excluding hydrogens is 236 g/mol. The number of allylic oxidation sites excluding steroid dienone is 1. The SMILES string of the molecule is Fc1ccc([C@H]2COCN2[C@@H]2C=CCC2)cc1F. The molecule has 3 rings (SSSR count). The van der Waals surface area contributed by atoms with E-state index in [9.17, 15) is 8.78 Å². The Morgan fingerprint density at radius 1 is 1.22 bits per heavy atom. The summed E-state index contributed by atoms with van der Waals surface area (Å²) in [5.41, 5.74) is 0.784. The fraction of sp³-hybridized carbons (Fsp3) is 0.429. The molecule has 1 heterocycles. The van der Waals surface area contributed by atoms with Crippen LogP contribution in [0, 0.1) is 11.6 Å². The largest absolute Gasteiger partial charge is 0.364 e. The van der Waals surface area contributed by atoms with Crippen molar-refractivity contribution in [3.63, 3.8) is 0 Å². The van der Waals surface area contributed by atoms with E-state index in [0.717, 1.165) is 18.4 Å². The van der Waals surface area contributed by atoms with E-state index >= 15 is 0 Å². The molecule has 0 N–H and O–H groups in total. The van der Waals surface area contributed by atoms with Gasteiger partial charge >= 0.3 is 0 Å². The second-order valence-electron chi connectivity index (χ2n) is 4.78. The fourth-order valence-corrected chi connectivity index (χ4v) is 2.68. The van der Waals surface area contributed by atoms with Gasteiger partial charge in [-0.1, -0.05) is 18.2 Å². The molecule has 2 aliphatic rings. The first-order valence-electron chi connectivity index (χ1n) is 6.21. The Labute approximate surface area is 105 Å². The van der Waals surface area contributed by atoms with E-state index in [4.69, 9.17) is 4.74 Å². The summed E-state index contributed by atoms with van der Waals surface area (Å²) in [6.45, 7) is 1.09. The highest BCUT2D eigenvalue weighted by Gasteiger charge is 2.32. The molecule has 0 bridgehead atoms. The van der Waals surface area contributed by atoms with Crippen molar-refractivity contribution in [2.24, 2.45) is 0 Å². The van der Waals surface area contributed by atoms with Crippen LogP contribution in [0.4, 0.5) is 8.78 Å². The van der Waals surface area contributed by atoms with Gasteiger partial charge in [-0.2, -0.15) is 0 Å². The van der Waals surface area contributed by atoms with E-state index in [0.29, 0.717) is 19.4 Å². The van der Waals surface area contributed by atoms with Crippen molar-refractivity contribution >= 4 is 0 Å². The van der Waals surface area contributed by atoms with Crippen LogP contribution in [0.2, 0.25) is 0 Å².